The number of aliphatic hydroxyl groups is 1. The first kappa shape index (κ1) is 28.5. The standard InChI is InChI=1S/C23H32N4O8S2/c1-26(37(34,35)15-23(30)31)18-4-6-19(7-5-18)27-11-9-17(10-12-27)24-14-22(29)16-3-8-21(28)20(13-16)25-36(2,32)33/h3-8,13,17,22,24-25,28-29H,9-12,14-15H2,1-2H3,(H,30,31)/t22-/m0/s1. The number of aromatic hydroxyl groups is 1. The molecule has 0 saturated carbocycles. The van der Waals surface area contributed by atoms with Crippen molar-refractivity contribution in [3.8, 4) is 5.75 Å². The van der Waals surface area contributed by atoms with Crippen molar-refractivity contribution in [1.82, 2.24) is 5.32 Å². The number of benzene rings is 2. The lowest BCUT2D eigenvalue weighted by atomic mass is 10.0. The summed E-state index contributed by atoms with van der Waals surface area (Å²) in [4.78, 5) is 13.0. The zero-order chi connectivity index (χ0) is 27.4. The maximum absolute atomic E-state index is 12.1. The van der Waals surface area contributed by atoms with Crippen LogP contribution in [0.25, 0.3) is 0 Å². The molecule has 14 heteroatoms. The van der Waals surface area contributed by atoms with E-state index in [0.717, 1.165) is 42.2 Å². The van der Waals surface area contributed by atoms with Crippen LogP contribution in [0.1, 0.15) is 24.5 Å². The number of aliphatic carboxylic acids is 1. The van der Waals surface area contributed by atoms with Crippen molar-refractivity contribution in [3.05, 3.63) is 48.0 Å². The lowest BCUT2D eigenvalue weighted by molar-refractivity contribution is -0.134. The highest BCUT2D eigenvalue weighted by molar-refractivity contribution is 7.93. The smallest absolute Gasteiger partial charge is 0.320 e. The number of sulfonamides is 2. The highest BCUT2D eigenvalue weighted by Gasteiger charge is 2.24. The van der Waals surface area contributed by atoms with Gasteiger partial charge in [-0.15, -0.1) is 0 Å². The second kappa shape index (κ2) is 11.5. The molecule has 1 saturated heterocycles. The van der Waals surface area contributed by atoms with Gasteiger partial charge in [0, 0.05) is 38.4 Å². The number of carbonyl (C=O) groups is 1. The summed E-state index contributed by atoms with van der Waals surface area (Å²) in [6.45, 7) is 1.73. The van der Waals surface area contributed by atoms with Crippen LogP contribution in [0.15, 0.2) is 42.5 Å². The Balaban J connectivity index is 1.52. The zero-order valence-corrected chi connectivity index (χ0v) is 22.2. The third kappa shape index (κ3) is 7.95. The van der Waals surface area contributed by atoms with E-state index in [-0.39, 0.29) is 24.0 Å². The Kier molecular flexibility index (Phi) is 8.89. The van der Waals surface area contributed by atoms with Crippen molar-refractivity contribution < 1.29 is 36.9 Å². The molecule has 2 aromatic carbocycles. The molecule has 0 radical (unpaired) electrons. The number of rotatable bonds is 11. The van der Waals surface area contributed by atoms with Gasteiger partial charge in [0.25, 0.3) is 0 Å². The van der Waals surface area contributed by atoms with Crippen LogP contribution in [0.3, 0.4) is 0 Å². The maximum atomic E-state index is 12.1. The lowest BCUT2D eigenvalue weighted by Crippen LogP contribution is -2.43. The van der Waals surface area contributed by atoms with Crippen LogP contribution in [-0.2, 0) is 24.8 Å². The van der Waals surface area contributed by atoms with E-state index in [1.807, 2.05) is 0 Å². The number of nitrogens with zero attached hydrogens (tertiary/aromatic N) is 2. The Morgan fingerprint density at radius 3 is 2.30 bits per heavy atom. The normalized spacial score (nSPS) is 15.8. The molecule has 0 bridgehead atoms. The molecule has 0 amide bonds. The average molecular weight is 557 g/mol. The Morgan fingerprint density at radius 2 is 1.73 bits per heavy atom. The van der Waals surface area contributed by atoms with Gasteiger partial charge in [0.05, 0.1) is 23.7 Å². The fourth-order valence-corrected chi connectivity index (χ4v) is 5.58. The van der Waals surface area contributed by atoms with Crippen molar-refractivity contribution in [3.63, 3.8) is 0 Å². The number of hydrogen-bond donors (Lipinski definition) is 5. The first-order valence-electron chi connectivity index (χ1n) is 11.5. The fourth-order valence-electron chi connectivity index (χ4n) is 4.07. The predicted molar refractivity (Wildman–Crippen MR) is 141 cm³/mol. The summed E-state index contributed by atoms with van der Waals surface area (Å²) in [5, 5.41) is 32.6. The van der Waals surface area contributed by atoms with Crippen LogP contribution >= 0.6 is 0 Å². The number of carboxylic acids is 1. The van der Waals surface area contributed by atoms with Gasteiger partial charge >= 0.3 is 5.97 Å². The minimum absolute atomic E-state index is 0.00376. The molecule has 5 N–H and O–H groups in total. The van der Waals surface area contributed by atoms with Gasteiger partial charge in [-0.1, -0.05) is 6.07 Å². The summed E-state index contributed by atoms with van der Waals surface area (Å²) >= 11 is 0. The van der Waals surface area contributed by atoms with Crippen molar-refractivity contribution in [1.29, 1.82) is 0 Å². The molecular weight excluding hydrogens is 524 g/mol. The zero-order valence-electron chi connectivity index (χ0n) is 20.5. The Morgan fingerprint density at radius 1 is 1.11 bits per heavy atom. The molecule has 1 fully saturated rings. The van der Waals surface area contributed by atoms with E-state index in [2.05, 4.69) is 14.9 Å². The molecule has 1 heterocycles. The number of carboxylic acid groups (broad SMARTS) is 1. The minimum atomic E-state index is -3.96. The summed E-state index contributed by atoms with van der Waals surface area (Å²) in [6.07, 6.45) is 1.68. The molecule has 37 heavy (non-hydrogen) atoms. The summed E-state index contributed by atoms with van der Waals surface area (Å²) in [7, 11) is -6.22. The van der Waals surface area contributed by atoms with Gasteiger partial charge in [0.2, 0.25) is 20.0 Å². The molecule has 204 valence electrons. The second-order valence-electron chi connectivity index (χ2n) is 8.97. The fraction of sp³-hybridized carbons (Fsp3) is 0.435. The van der Waals surface area contributed by atoms with Crippen molar-refractivity contribution in [2.75, 3.05) is 52.6 Å². The number of anilines is 3. The number of piperidine rings is 1. The monoisotopic (exact) mass is 556 g/mol. The summed E-state index contributed by atoms with van der Waals surface area (Å²) in [6, 6.07) is 11.3. The molecule has 0 spiro atoms. The highest BCUT2D eigenvalue weighted by Crippen LogP contribution is 2.28. The maximum Gasteiger partial charge on any atom is 0.320 e. The molecule has 0 aromatic heterocycles. The van der Waals surface area contributed by atoms with Gasteiger partial charge in [0.1, 0.15) is 5.75 Å². The molecule has 0 unspecified atom stereocenters. The highest BCUT2D eigenvalue weighted by atomic mass is 32.2. The number of nitrogens with one attached hydrogen (secondary N) is 2. The molecule has 12 nitrogen and oxygen atoms in total. The molecule has 1 aliphatic rings. The number of aliphatic hydroxyl groups excluding tert-OH is 1. The Labute approximate surface area is 216 Å². The third-order valence-corrected chi connectivity index (χ3v) is 8.34. The van der Waals surface area contributed by atoms with Gasteiger partial charge in [-0.3, -0.25) is 13.8 Å². The number of phenols is 1. The predicted octanol–water partition coefficient (Wildman–Crippen LogP) is 0.906. The largest absolute Gasteiger partial charge is 0.506 e. The van der Waals surface area contributed by atoms with E-state index in [1.54, 1.807) is 24.3 Å². The van der Waals surface area contributed by atoms with E-state index < -0.39 is 37.9 Å². The summed E-state index contributed by atoms with van der Waals surface area (Å²) < 4.78 is 50.4. The van der Waals surface area contributed by atoms with E-state index in [1.165, 1.54) is 25.2 Å². The molecule has 0 aliphatic carbocycles. The third-order valence-electron chi connectivity index (χ3n) is 6.10. The molecule has 1 aliphatic heterocycles. The Bertz CT molecular complexity index is 1310. The van der Waals surface area contributed by atoms with E-state index in [4.69, 9.17) is 5.11 Å². The SMILES string of the molecule is CN(c1ccc(N2CCC(NC[C@H](O)c3ccc(O)c(NS(C)(=O)=O)c3)CC2)cc1)S(=O)(=O)CC(=O)O. The van der Waals surface area contributed by atoms with Gasteiger partial charge in [-0.05, 0) is 54.8 Å². The summed E-state index contributed by atoms with van der Waals surface area (Å²) in [5.74, 6) is -2.63. The van der Waals surface area contributed by atoms with Gasteiger partial charge in [0.15, 0.2) is 5.75 Å². The molecular formula is C23H32N4O8S2. The van der Waals surface area contributed by atoms with E-state index in [9.17, 15) is 31.8 Å². The summed E-state index contributed by atoms with van der Waals surface area (Å²) in [5.41, 5.74) is 1.76. The van der Waals surface area contributed by atoms with Crippen molar-refractivity contribution >= 4 is 43.1 Å². The minimum Gasteiger partial charge on any atom is -0.506 e. The Hall–Kier alpha value is -3.07. The van der Waals surface area contributed by atoms with Crippen molar-refractivity contribution in [2.45, 2.75) is 25.0 Å². The van der Waals surface area contributed by atoms with Gasteiger partial charge in [-0.2, -0.15) is 0 Å². The molecule has 3 rings (SSSR count). The number of phenolic OH excluding ortho intramolecular Hbond substituents is 1. The number of hydrogen-bond acceptors (Lipinski definition) is 9. The van der Waals surface area contributed by atoms with Crippen LogP contribution in [0.5, 0.6) is 5.75 Å². The van der Waals surface area contributed by atoms with Crippen LogP contribution in [-0.4, -0.2) is 82.9 Å². The van der Waals surface area contributed by atoms with Gasteiger partial charge in [-0.25, -0.2) is 16.8 Å². The van der Waals surface area contributed by atoms with Crippen LogP contribution in [0.4, 0.5) is 17.1 Å². The van der Waals surface area contributed by atoms with E-state index >= 15 is 0 Å². The molecule has 2 aromatic rings. The van der Waals surface area contributed by atoms with Gasteiger partial charge < -0.3 is 25.5 Å². The average Bonchev–Trinajstić information content (AvgIpc) is 2.82. The van der Waals surface area contributed by atoms with E-state index in [0.29, 0.717) is 11.3 Å². The lowest BCUT2D eigenvalue weighted by Gasteiger charge is -2.34. The van der Waals surface area contributed by atoms with Crippen LogP contribution in [0.2, 0.25) is 0 Å². The second-order valence-corrected chi connectivity index (χ2v) is 12.7. The first-order chi connectivity index (χ1) is 17.2. The van der Waals surface area contributed by atoms with Crippen LogP contribution < -0.4 is 19.2 Å². The van der Waals surface area contributed by atoms with Crippen LogP contribution in [0, 0.1) is 0 Å². The van der Waals surface area contributed by atoms with Crippen molar-refractivity contribution in [2.24, 2.45) is 0 Å². The molecule has 1 atom stereocenters. The quantitative estimate of drug-likeness (QED) is 0.250. The topological polar surface area (TPSA) is 177 Å². The first-order valence-corrected chi connectivity index (χ1v) is 15.0.